The number of amides is 1. The quantitative estimate of drug-likeness (QED) is 0.591. The van der Waals surface area contributed by atoms with Gasteiger partial charge in [0, 0.05) is 10.4 Å². The maximum absolute atomic E-state index is 13.2. The number of hydrogen-bond acceptors (Lipinski definition) is 6. The summed E-state index contributed by atoms with van der Waals surface area (Å²) in [7, 11) is 3.18. The Morgan fingerprint density at radius 2 is 2.03 bits per heavy atom. The van der Waals surface area contributed by atoms with E-state index in [2.05, 4.69) is 10.3 Å². The molecular weight excluding hydrogens is 414 g/mol. The molecule has 4 rings (SSSR count). The second-order valence-corrected chi connectivity index (χ2v) is 8.90. The number of ether oxygens (including phenoxy) is 2. The molecule has 1 aliphatic carbocycles. The number of carbonyl (C=O) groups is 1. The number of methoxy groups -OCH3 is 2. The first-order valence-electron chi connectivity index (χ1n) is 10.5. The Hall–Kier alpha value is -2.87. The number of aromatic nitrogens is 2. The summed E-state index contributed by atoms with van der Waals surface area (Å²) < 4.78 is 12.1. The fraction of sp³-hybridized carbons (Fsp3) is 0.435. The predicted octanol–water partition coefficient (Wildman–Crippen LogP) is 3.62. The Balaban J connectivity index is 1.56. The molecule has 0 aliphatic heterocycles. The number of nitrogens with zero attached hydrogens (tertiary/aromatic N) is 2. The highest BCUT2D eigenvalue weighted by atomic mass is 32.1. The van der Waals surface area contributed by atoms with Gasteiger partial charge >= 0.3 is 0 Å². The minimum atomic E-state index is -0.317. The zero-order valence-corrected chi connectivity index (χ0v) is 18.9. The summed E-state index contributed by atoms with van der Waals surface area (Å²) in [6.45, 7) is 1.79. The van der Waals surface area contributed by atoms with Gasteiger partial charge in [-0.2, -0.15) is 0 Å². The molecule has 1 aromatic carbocycles. The van der Waals surface area contributed by atoms with Crippen molar-refractivity contribution in [3.8, 4) is 11.5 Å². The van der Waals surface area contributed by atoms with E-state index in [1.165, 1.54) is 22.2 Å². The Bertz CT molecular complexity index is 1170. The molecule has 164 valence electrons. The summed E-state index contributed by atoms with van der Waals surface area (Å²) in [5, 5.41) is 3.65. The highest BCUT2D eigenvalue weighted by Gasteiger charge is 2.20. The van der Waals surface area contributed by atoms with Gasteiger partial charge in [0.05, 0.1) is 32.0 Å². The number of carbonyl (C=O) groups excluding carboxylic acids is 1. The van der Waals surface area contributed by atoms with E-state index in [1.807, 2.05) is 19.1 Å². The second kappa shape index (κ2) is 9.09. The zero-order valence-electron chi connectivity index (χ0n) is 18.1. The van der Waals surface area contributed by atoms with Crippen molar-refractivity contribution in [1.29, 1.82) is 0 Å². The molecule has 1 unspecified atom stereocenters. The molecule has 1 atom stereocenters. The minimum absolute atomic E-state index is 0.0803. The summed E-state index contributed by atoms with van der Waals surface area (Å²) in [6.07, 6.45) is 6.84. The number of fused-ring (bicyclic) bond motifs is 3. The fourth-order valence-electron chi connectivity index (χ4n) is 4.17. The van der Waals surface area contributed by atoms with Crippen LogP contribution in [0.5, 0.6) is 11.5 Å². The van der Waals surface area contributed by atoms with Crippen LogP contribution in [0.25, 0.3) is 10.2 Å². The van der Waals surface area contributed by atoms with Gasteiger partial charge in [0.1, 0.15) is 22.9 Å². The lowest BCUT2D eigenvalue weighted by Crippen LogP contribution is -2.34. The monoisotopic (exact) mass is 441 g/mol. The molecule has 3 aromatic rings. The Labute approximate surface area is 185 Å². The van der Waals surface area contributed by atoms with Crippen LogP contribution >= 0.6 is 11.3 Å². The molecule has 2 heterocycles. The standard InChI is InChI=1S/C23H27N3O4S/c1-14(17-11-15(29-2)9-10-18(17)30-3)25-20(27)12-26-13-24-22-21(23(26)28)16-7-5-4-6-8-19(16)31-22/h9-11,13-14H,4-8,12H2,1-3H3,(H,25,27). The molecule has 31 heavy (non-hydrogen) atoms. The molecular formula is C23H27N3O4S. The van der Waals surface area contributed by atoms with Crippen LogP contribution < -0.4 is 20.3 Å². The van der Waals surface area contributed by atoms with E-state index in [-0.39, 0.29) is 24.1 Å². The molecule has 0 spiro atoms. The summed E-state index contributed by atoms with van der Waals surface area (Å²) in [4.78, 5) is 32.5. The Kier molecular flexibility index (Phi) is 6.27. The predicted molar refractivity (Wildman–Crippen MR) is 121 cm³/mol. The van der Waals surface area contributed by atoms with Gasteiger partial charge in [0.25, 0.3) is 5.56 Å². The summed E-state index contributed by atoms with van der Waals surface area (Å²) in [6, 6.07) is 5.13. The maximum atomic E-state index is 13.2. The third-order valence-corrected chi connectivity index (χ3v) is 6.99. The largest absolute Gasteiger partial charge is 0.497 e. The Morgan fingerprint density at radius 1 is 1.23 bits per heavy atom. The summed E-state index contributed by atoms with van der Waals surface area (Å²) in [5.74, 6) is 1.08. The third kappa shape index (κ3) is 4.30. The molecule has 0 radical (unpaired) electrons. The van der Waals surface area contributed by atoms with Crippen molar-refractivity contribution in [1.82, 2.24) is 14.9 Å². The van der Waals surface area contributed by atoms with Gasteiger partial charge in [-0.1, -0.05) is 6.42 Å². The molecule has 8 heteroatoms. The average molecular weight is 442 g/mol. The van der Waals surface area contributed by atoms with Crippen molar-refractivity contribution in [2.24, 2.45) is 0 Å². The lowest BCUT2D eigenvalue weighted by Gasteiger charge is -2.18. The minimum Gasteiger partial charge on any atom is -0.497 e. The maximum Gasteiger partial charge on any atom is 0.262 e. The highest BCUT2D eigenvalue weighted by molar-refractivity contribution is 7.18. The molecule has 7 nitrogen and oxygen atoms in total. The van der Waals surface area contributed by atoms with E-state index >= 15 is 0 Å². The first-order chi connectivity index (χ1) is 15.0. The number of benzene rings is 1. The lowest BCUT2D eigenvalue weighted by molar-refractivity contribution is -0.122. The van der Waals surface area contributed by atoms with Crippen molar-refractivity contribution in [3.63, 3.8) is 0 Å². The van der Waals surface area contributed by atoms with E-state index in [0.29, 0.717) is 16.9 Å². The van der Waals surface area contributed by atoms with Crippen molar-refractivity contribution in [3.05, 3.63) is 50.9 Å². The molecule has 2 aromatic heterocycles. The molecule has 1 amide bonds. The van der Waals surface area contributed by atoms with Crippen LogP contribution in [0.1, 0.15) is 48.2 Å². The molecule has 1 N–H and O–H groups in total. The summed E-state index contributed by atoms with van der Waals surface area (Å²) in [5.41, 5.74) is 1.81. The van der Waals surface area contributed by atoms with Crippen molar-refractivity contribution >= 4 is 27.5 Å². The fourth-order valence-corrected chi connectivity index (χ4v) is 5.39. The van der Waals surface area contributed by atoms with Gasteiger partial charge < -0.3 is 14.8 Å². The van der Waals surface area contributed by atoms with E-state index in [9.17, 15) is 9.59 Å². The summed E-state index contributed by atoms with van der Waals surface area (Å²) >= 11 is 1.62. The van der Waals surface area contributed by atoms with Crippen LogP contribution in [-0.2, 0) is 24.2 Å². The van der Waals surface area contributed by atoms with Gasteiger partial charge in [-0.3, -0.25) is 14.2 Å². The normalized spacial score (nSPS) is 14.5. The number of nitrogens with one attached hydrogen (secondary N) is 1. The van der Waals surface area contributed by atoms with E-state index < -0.39 is 0 Å². The van der Waals surface area contributed by atoms with Crippen LogP contribution in [0.3, 0.4) is 0 Å². The van der Waals surface area contributed by atoms with E-state index in [0.717, 1.165) is 41.6 Å². The van der Waals surface area contributed by atoms with Crippen LogP contribution in [0, 0.1) is 0 Å². The SMILES string of the molecule is COc1ccc(OC)c(C(C)NC(=O)Cn2cnc3sc4c(c3c2=O)CCCCC4)c1. The average Bonchev–Trinajstić information content (AvgIpc) is 2.97. The van der Waals surface area contributed by atoms with Gasteiger partial charge in [-0.25, -0.2) is 4.98 Å². The Morgan fingerprint density at radius 3 is 2.81 bits per heavy atom. The number of aryl methyl sites for hydroxylation is 2. The molecule has 0 saturated carbocycles. The smallest absolute Gasteiger partial charge is 0.262 e. The van der Waals surface area contributed by atoms with Crippen LogP contribution in [0.2, 0.25) is 0 Å². The first kappa shape index (κ1) is 21.4. The zero-order chi connectivity index (χ0) is 22.0. The van der Waals surface area contributed by atoms with Crippen LogP contribution in [0.4, 0.5) is 0 Å². The first-order valence-corrected chi connectivity index (χ1v) is 11.3. The van der Waals surface area contributed by atoms with Crippen molar-refractivity contribution in [2.75, 3.05) is 14.2 Å². The second-order valence-electron chi connectivity index (χ2n) is 7.82. The molecule has 0 bridgehead atoms. The van der Waals surface area contributed by atoms with E-state index in [4.69, 9.17) is 9.47 Å². The molecule has 1 aliphatic rings. The van der Waals surface area contributed by atoms with Crippen molar-refractivity contribution < 1.29 is 14.3 Å². The van der Waals surface area contributed by atoms with Gasteiger partial charge in [0.15, 0.2) is 0 Å². The van der Waals surface area contributed by atoms with Gasteiger partial charge in [0.2, 0.25) is 5.91 Å². The van der Waals surface area contributed by atoms with E-state index in [1.54, 1.807) is 31.6 Å². The van der Waals surface area contributed by atoms with Crippen LogP contribution in [0.15, 0.2) is 29.3 Å². The van der Waals surface area contributed by atoms with Crippen molar-refractivity contribution in [2.45, 2.75) is 51.6 Å². The molecule has 0 saturated heterocycles. The van der Waals surface area contributed by atoms with Crippen LogP contribution in [-0.4, -0.2) is 29.7 Å². The topological polar surface area (TPSA) is 82.4 Å². The van der Waals surface area contributed by atoms with Gasteiger partial charge in [-0.05, 0) is 56.4 Å². The highest BCUT2D eigenvalue weighted by Crippen LogP contribution is 2.33. The lowest BCUT2D eigenvalue weighted by atomic mass is 10.1. The van der Waals surface area contributed by atoms with Gasteiger partial charge in [-0.15, -0.1) is 11.3 Å². The third-order valence-electron chi connectivity index (χ3n) is 5.79. The number of hydrogen-bond donors (Lipinski definition) is 1. The number of rotatable bonds is 6. The molecule has 0 fully saturated rings. The number of thiophene rings is 1.